The molecule has 1 rings (SSSR count). The van der Waals surface area contributed by atoms with Crippen molar-refractivity contribution in [2.75, 3.05) is 0 Å². The summed E-state index contributed by atoms with van der Waals surface area (Å²) in [4.78, 5) is 0. The predicted octanol–water partition coefficient (Wildman–Crippen LogP) is 4.05. The zero-order chi connectivity index (χ0) is 12.5. The molecule has 1 aromatic carbocycles. The SMILES string of the molecule is CCC(C)(C)C(N)c1c(C)cc(C)cc1C. The van der Waals surface area contributed by atoms with Crippen LogP contribution in [0.1, 0.15) is 55.5 Å². The van der Waals surface area contributed by atoms with Gasteiger partial charge in [-0.1, -0.05) is 38.5 Å². The van der Waals surface area contributed by atoms with Crippen LogP contribution in [-0.4, -0.2) is 0 Å². The van der Waals surface area contributed by atoms with E-state index in [1.165, 1.54) is 22.3 Å². The van der Waals surface area contributed by atoms with Crippen molar-refractivity contribution in [1.82, 2.24) is 0 Å². The Hall–Kier alpha value is -0.820. The second-order valence-corrected chi connectivity index (χ2v) is 5.63. The van der Waals surface area contributed by atoms with Crippen LogP contribution in [0.4, 0.5) is 0 Å². The van der Waals surface area contributed by atoms with E-state index in [0.29, 0.717) is 0 Å². The molecule has 0 aliphatic heterocycles. The summed E-state index contributed by atoms with van der Waals surface area (Å²) in [6, 6.07) is 4.58. The highest BCUT2D eigenvalue weighted by Crippen LogP contribution is 2.37. The highest BCUT2D eigenvalue weighted by atomic mass is 14.7. The molecule has 0 radical (unpaired) electrons. The van der Waals surface area contributed by atoms with Crippen molar-refractivity contribution in [1.29, 1.82) is 0 Å². The molecule has 0 saturated carbocycles. The molecule has 1 unspecified atom stereocenters. The molecule has 0 aliphatic rings. The van der Waals surface area contributed by atoms with E-state index in [9.17, 15) is 0 Å². The Morgan fingerprint density at radius 1 is 1.12 bits per heavy atom. The third-order valence-electron chi connectivity index (χ3n) is 3.80. The number of nitrogens with two attached hydrogens (primary N) is 1. The predicted molar refractivity (Wildman–Crippen MR) is 71.7 cm³/mol. The summed E-state index contributed by atoms with van der Waals surface area (Å²) in [6.45, 7) is 13.2. The molecule has 0 aliphatic carbocycles. The first-order valence-electron chi connectivity index (χ1n) is 6.13. The molecule has 0 spiro atoms. The van der Waals surface area contributed by atoms with Gasteiger partial charge in [-0.3, -0.25) is 0 Å². The van der Waals surface area contributed by atoms with E-state index in [1.807, 2.05) is 0 Å². The quantitative estimate of drug-likeness (QED) is 0.815. The molecular formula is C15H25N. The summed E-state index contributed by atoms with van der Waals surface area (Å²) in [7, 11) is 0. The third-order valence-corrected chi connectivity index (χ3v) is 3.80. The number of aryl methyl sites for hydroxylation is 3. The van der Waals surface area contributed by atoms with Gasteiger partial charge in [-0.05, 0) is 49.3 Å². The van der Waals surface area contributed by atoms with Crippen LogP contribution in [0.3, 0.4) is 0 Å². The van der Waals surface area contributed by atoms with Crippen LogP contribution in [0.2, 0.25) is 0 Å². The Morgan fingerprint density at radius 2 is 1.56 bits per heavy atom. The summed E-state index contributed by atoms with van der Waals surface area (Å²) in [5.41, 5.74) is 11.9. The summed E-state index contributed by atoms with van der Waals surface area (Å²) in [5, 5.41) is 0. The topological polar surface area (TPSA) is 26.0 Å². The minimum Gasteiger partial charge on any atom is -0.323 e. The van der Waals surface area contributed by atoms with E-state index >= 15 is 0 Å². The maximum absolute atomic E-state index is 6.44. The lowest BCUT2D eigenvalue weighted by Crippen LogP contribution is -2.30. The third kappa shape index (κ3) is 2.46. The molecule has 0 fully saturated rings. The maximum Gasteiger partial charge on any atom is 0.0351 e. The van der Waals surface area contributed by atoms with E-state index in [2.05, 4.69) is 53.7 Å². The monoisotopic (exact) mass is 219 g/mol. The van der Waals surface area contributed by atoms with Gasteiger partial charge in [-0.25, -0.2) is 0 Å². The molecule has 2 N–H and O–H groups in total. The van der Waals surface area contributed by atoms with Crippen molar-refractivity contribution in [2.24, 2.45) is 11.1 Å². The van der Waals surface area contributed by atoms with Gasteiger partial charge in [0.15, 0.2) is 0 Å². The average molecular weight is 219 g/mol. The van der Waals surface area contributed by atoms with Crippen molar-refractivity contribution in [3.05, 3.63) is 34.4 Å². The van der Waals surface area contributed by atoms with Crippen molar-refractivity contribution in [2.45, 2.75) is 54.0 Å². The first-order chi connectivity index (χ1) is 7.29. The molecule has 0 amide bonds. The average Bonchev–Trinajstić information content (AvgIpc) is 2.15. The van der Waals surface area contributed by atoms with Gasteiger partial charge in [-0.15, -0.1) is 0 Å². The Morgan fingerprint density at radius 3 is 1.94 bits per heavy atom. The van der Waals surface area contributed by atoms with Crippen molar-refractivity contribution in [3.8, 4) is 0 Å². The summed E-state index contributed by atoms with van der Waals surface area (Å²) >= 11 is 0. The van der Waals surface area contributed by atoms with Gasteiger partial charge in [-0.2, -0.15) is 0 Å². The smallest absolute Gasteiger partial charge is 0.0351 e. The Labute approximate surface area is 100 Å². The van der Waals surface area contributed by atoms with Crippen LogP contribution < -0.4 is 5.73 Å². The van der Waals surface area contributed by atoms with Crippen LogP contribution in [0.5, 0.6) is 0 Å². The first-order valence-corrected chi connectivity index (χ1v) is 6.13. The molecule has 0 heterocycles. The normalized spacial score (nSPS) is 13.9. The van der Waals surface area contributed by atoms with Crippen LogP contribution in [0, 0.1) is 26.2 Å². The van der Waals surface area contributed by atoms with Crippen molar-refractivity contribution in [3.63, 3.8) is 0 Å². The molecule has 1 nitrogen and oxygen atoms in total. The lowest BCUT2D eigenvalue weighted by atomic mass is 9.76. The van der Waals surface area contributed by atoms with Gasteiger partial charge in [0.25, 0.3) is 0 Å². The summed E-state index contributed by atoms with van der Waals surface area (Å²) < 4.78 is 0. The van der Waals surface area contributed by atoms with Crippen LogP contribution in [-0.2, 0) is 0 Å². The number of rotatable bonds is 3. The number of hydrogen-bond acceptors (Lipinski definition) is 1. The van der Waals surface area contributed by atoms with Gasteiger partial charge in [0.1, 0.15) is 0 Å². The molecule has 1 atom stereocenters. The van der Waals surface area contributed by atoms with Gasteiger partial charge >= 0.3 is 0 Å². The van der Waals surface area contributed by atoms with Crippen LogP contribution in [0.15, 0.2) is 12.1 Å². The Bertz CT molecular complexity index is 354. The fourth-order valence-corrected chi connectivity index (χ4v) is 2.29. The Kier molecular flexibility index (Phi) is 3.80. The maximum atomic E-state index is 6.44. The second kappa shape index (κ2) is 4.58. The van der Waals surface area contributed by atoms with Crippen LogP contribution >= 0.6 is 0 Å². The molecule has 0 bridgehead atoms. The zero-order valence-corrected chi connectivity index (χ0v) is 11.5. The molecular weight excluding hydrogens is 194 g/mol. The highest BCUT2D eigenvalue weighted by molar-refractivity contribution is 5.40. The standard InChI is InChI=1S/C15H25N/c1-7-15(5,6)14(16)13-11(3)8-10(2)9-12(13)4/h8-9,14H,7,16H2,1-6H3. The fraction of sp³-hybridized carbons (Fsp3) is 0.600. The first kappa shape index (κ1) is 13.2. The van der Waals surface area contributed by atoms with Gasteiger partial charge in [0.2, 0.25) is 0 Å². The van der Waals surface area contributed by atoms with E-state index < -0.39 is 0 Å². The van der Waals surface area contributed by atoms with Crippen molar-refractivity contribution >= 4 is 0 Å². The molecule has 0 aromatic heterocycles. The largest absolute Gasteiger partial charge is 0.323 e. The zero-order valence-electron chi connectivity index (χ0n) is 11.5. The van der Waals surface area contributed by atoms with Gasteiger partial charge in [0.05, 0.1) is 0 Å². The van der Waals surface area contributed by atoms with E-state index in [4.69, 9.17) is 5.73 Å². The van der Waals surface area contributed by atoms with E-state index in [-0.39, 0.29) is 11.5 Å². The van der Waals surface area contributed by atoms with Crippen molar-refractivity contribution < 1.29 is 0 Å². The van der Waals surface area contributed by atoms with Gasteiger partial charge in [0, 0.05) is 6.04 Å². The molecule has 16 heavy (non-hydrogen) atoms. The molecule has 1 aromatic rings. The minimum absolute atomic E-state index is 0.123. The second-order valence-electron chi connectivity index (χ2n) is 5.63. The highest BCUT2D eigenvalue weighted by Gasteiger charge is 2.27. The van der Waals surface area contributed by atoms with Crippen LogP contribution in [0.25, 0.3) is 0 Å². The molecule has 90 valence electrons. The summed E-state index contributed by atoms with van der Waals surface area (Å²) in [5.74, 6) is 0. The summed E-state index contributed by atoms with van der Waals surface area (Å²) in [6.07, 6.45) is 1.10. The Balaban J connectivity index is 3.24. The van der Waals surface area contributed by atoms with Gasteiger partial charge < -0.3 is 5.73 Å². The molecule has 0 saturated heterocycles. The van der Waals surface area contributed by atoms with E-state index in [1.54, 1.807) is 0 Å². The van der Waals surface area contributed by atoms with E-state index in [0.717, 1.165) is 6.42 Å². The molecule has 1 heteroatoms. The number of benzene rings is 1. The fourth-order valence-electron chi connectivity index (χ4n) is 2.29. The number of hydrogen-bond donors (Lipinski definition) is 1. The lowest BCUT2D eigenvalue weighted by Gasteiger charge is -2.33. The lowest BCUT2D eigenvalue weighted by molar-refractivity contribution is 0.277. The minimum atomic E-state index is 0.123.